The molecule has 17 heavy (non-hydrogen) atoms. The molecule has 1 aromatic heterocycles. The first kappa shape index (κ1) is 13.1. The molecule has 1 unspecified atom stereocenters. The number of ether oxygens (including phenoxy) is 1. The average Bonchev–Trinajstić information content (AvgIpc) is 3.01. The first-order chi connectivity index (χ1) is 8.40. The van der Waals surface area contributed by atoms with Gasteiger partial charge in [0.2, 0.25) is 0 Å². The van der Waals surface area contributed by atoms with E-state index >= 15 is 0 Å². The van der Waals surface area contributed by atoms with Gasteiger partial charge in [0.05, 0.1) is 12.7 Å². The second kappa shape index (κ2) is 7.14. The van der Waals surface area contributed by atoms with E-state index in [2.05, 4.69) is 29.8 Å². The first-order valence-electron chi connectivity index (χ1n) is 6.78. The second-order valence-corrected chi connectivity index (χ2v) is 5.69. The third-order valence-corrected chi connectivity index (χ3v) is 4.43. The Morgan fingerprint density at radius 3 is 2.94 bits per heavy atom. The summed E-state index contributed by atoms with van der Waals surface area (Å²) in [7, 11) is 0. The van der Waals surface area contributed by atoms with Crippen LogP contribution in [0.3, 0.4) is 0 Å². The molecule has 1 N–H and O–H groups in total. The molecule has 96 valence electrons. The molecule has 2 nitrogen and oxygen atoms in total. The van der Waals surface area contributed by atoms with Crippen LogP contribution in [0.25, 0.3) is 0 Å². The second-order valence-electron chi connectivity index (χ2n) is 4.71. The van der Waals surface area contributed by atoms with E-state index in [1.807, 2.05) is 11.3 Å². The van der Waals surface area contributed by atoms with E-state index in [1.165, 1.54) is 30.6 Å². The van der Waals surface area contributed by atoms with Gasteiger partial charge in [0.15, 0.2) is 0 Å². The summed E-state index contributed by atoms with van der Waals surface area (Å²) in [5, 5.41) is 5.73. The number of hydrogen-bond acceptors (Lipinski definition) is 3. The number of thiophene rings is 1. The monoisotopic (exact) mass is 253 g/mol. The first-order valence-corrected chi connectivity index (χ1v) is 7.66. The number of hydrogen-bond donors (Lipinski definition) is 1. The third kappa shape index (κ3) is 4.09. The fraction of sp³-hybridized carbons (Fsp3) is 0.714. The maximum atomic E-state index is 5.86. The molecule has 1 heterocycles. The van der Waals surface area contributed by atoms with Crippen LogP contribution in [0, 0.1) is 0 Å². The van der Waals surface area contributed by atoms with Gasteiger partial charge in [0.1, 0.15) is 0 Å². The van der Waals surface area contributed by atoms with Crippen molar-refractivity contribution in [1.29, 1.82) is 0 Å². The molecule has 0 aromatic carbocycles. The van der Waals surface area contributed by atoms with Gasteiger partial charge in [-0.3, -0.25) is 0 Å². The van der Waals surface area contributed by atoms with Crippen molar-refractivity contribution in [3.05, 3.63) is 22.4 Å². The Labute approximate surface area is 108 Å². The Balaban J connectivity index is 1.63. The van der Waals surface area contributed by atoms with Crippen molar-refractivity contribution < 1.29 is 4.74 Å². The summed E-state index contributed by atoms with van der Waals surface area (Å²) < 4.78 is 5.86. The molecule has 0 saturated heterocycles. The van der Waals surface area contributed by atoms with Gasteiger partial charge in [-0.1, -0.05) is 25.8 Å². The van der Waals surface area contributed by atoms with Gasteiger partial charge in [0, 0.05) is 17.5 Å². The third-order valence-electron chi connectivity index (χ3n) is 3.44. The van der Waals surface area contributed by atoms with Gasteiger partial charge in [0.25, 0.3) is 0 Å². The van der Waals surface area contributed by atoms with Crippen LogP contribution in [-0.2, 0) is 4.74 Å². The Hall–Kier alpha value is -0.380. The molecule has 0 amide bonds. The van der Waals surface area contributed by atoms with E-state index in [0.717, 1.165) is 19.6 Å². The van der Waals surface area contributed by atoms with E-state index in [4.69, 9.17) is 4.74 Å². The maximum Gasteiger partial charge on any atom is 0.0594 e. The van der Waals surface area contributed by atoms with Crippen molar-refractivity contribution in [2.75, 3.05) is 13.2 Å². The fourth-order valence-corrected chi connectivity index (χ4v) is 3.34. The predicted octanol–water partition coefficient (Wildman–Crippen LogP) is 3.75. The lowest BCUT2D eigenvalue weighted by Gasteiger charge is -2.17. The quantitative estimate of drug-likeness (QED) is 0.747. The van der Waals surface area contributed by atoms with Gasteiger partial charge < -0.3 is 10.1 Å². The average molecular weight is 253 g/mol. The van der Waals surface area contributed by atoms with Crippen molar-refractivity contribution in [3.63, 3.8) is 0 Å². The van der Waals surface area contributed by atoms with Gasteiger partial charge in [-0.2, -0.15) is 0 Å². The molecule has 1 aromatic rings. The molecule has 1 atom stereocenters. The lowest BCUT2D eigenvalue weighted by Crippen LogP contribution is -2.25. The minimum absolute atomic E-state index is 0.502. The normalized spacial score (nSPS) is 18.6. The molecule has 0 bridgehead atoms. The van der Waals surface area contributed by atoms with E-state index in [9.17, 15) is 0 Å². The fourth-order valence-electron chi connectivity index (χ4n) is 2.45. The lowest BCUT2D eigenvalue weighted by atomic mass is 10.2. The highest BCUT2D eigenvalue weighted by Gasteiger charge is 2.15. The largest absolute Gasteiger partial charge is 0.377 e. The molecule has 1 aliphatic rings. The molecule has 0 spiro atoms. The molecular weight excluding hydrogens is 230 g/mol. The van der Waals surface area contributed by atoms with Crippen LogP contribution >= 0.6 is 11.3 Å². The van der Waals surface area contributed by atoms with Gasteiger partial charge in [-0.05, 0) is 30.7 Å². The van der Waals surface area contributed by atoms with Crippen molar-refractivity contribution in [2.45, 2.75) is 51.2 Å². The van der Waals surface area contributed by atoms with Crippen LogP contribution in [0.5, 0.6) is 0 Å². The summed E-state index contributed by atoms with van der Waals surface area (Å²) >= 11 is 1.84. The minimum Gasteiger partial charge on any atom is -0.377 e. The Kier molecular flexibility index (Phi) is 5.49. The lowest BCUT2D eigenvalue weighted by molar-refractivity contribution is 0.0591. The van der Waals surface area contributed by atoms with Gasteiger partial charge in [-0.25, -0.2) is 0 Å². The molecular formula is C14H23NOS. The molecule has 1 fully saturated rings. The summed E-state index contributed by atoms with van der Waals surface area (Å²) in [6.07, 6.45) is 6.92. The van der Waals surface area contributed by atoms with Crippen molar-refractivity contribution in [3.8, 4) is 0 Å². The number of rotatable bonds is 7. The summed E-state index contributed by atoms with van der Waals surface area (Å²) in [6.45, 7) is 4.05. The van der Waals surface area contributed by atoms with E-state index in [1.54, 1.807) is 0 Å². The van der Waals surface area contributed by atoms with E-state index in [-0.39, 0.29) is 0 Å². The summed E-state index contributed by atoms with van der Waals surface area (Å²) in [5.74, 6) is 0. The molecule has 1 saturated carbocycles. The number of nitrogens with one attached hydrogen (secondary N) is 1. The molecule has 3 heteroatoms. The highest BCUT2D eigenvalue weighted by molar-refractivity contribution is 7.10. The van der Waals surface area contributed by atoms with Crippen LogP contribution < -0.4 is 5.32 Å². The van der Waals surface area contributed by atoms with Crippen LogP contribution in [0.2, 0.25) is 0 Å². The Bertz CT molecular complexity index is 293. The zero-order valence-corrected chi connectivity index (χ0v) is 11.5. The predicted molar refractivity (Wildman–Crippen MR) is 73.6 cm³/mol. The SMILES string of the molecule is CCC(NCCOC1CCCC1)c1cccs1. The van der Waals surface area contributed by atoms with Crippen LogP contribution in [0.15, 0.2) is 17.5 Å². The van der Waals surface area contributed by atoms with Crippen molar-refractivity contribution in [1.82, 2.24) is 5.32 Å². The Morgan fingerprint density at radius 1 is 1.47 bits per heavy atom. The zero-order chi connectivity index (χ0) is 11.9. The van der Waals surface area contributed by atoms with Crippen molar-refractivity contribution in [2.24, 2.45) is 0 Å². The standard InChI is InChI=1S/C14H23NOS/c1-2-13(14-8-5-11-17-14)15-9-10-16-12-6-3-4-7-12/h5,8,11-13,15H,2-4,6-7,9-10H2,1H3. The van der Waals surface area contributed by atoms with Gasteiger partial charge in [-0.15, -0.1) is 11.3 Å². The highest BCUT2D eigenvalue weighted by Crippen LogP contribution is 2.22. The molecule has 1 aliphatic carbocycles. The zero-order valence-electron chi connectivity index (χ0n) is 10.7. The minimum atomic E-state index is 0.502. The van der Waals surface area contributed by atoms with Crippen LogP contribution in [0.4, 0.5) is 0 Å². The highest BCUT2D eigenvalue weighted by atomic mass is 32.1. The summed E-state index contributed by atoms with van der Waals surface area (Å²) in [6, 6.07) is 4.84. The van der Waals surface area contributed by atoms with E-state index < -0.39 is 0 Å². The smallest absolute Gasteiger partial charge is 0.0594 e. The Morgan fingerprint density at radius 2 is 2.29 bits per heavy atom. The van der Waals surface area contributed by atoms with Gasteiger partial charge >= 0.3 is 0 Å². The summed E-state index contributed by atoms with van der Waals surface area (Å²) in [5.41, 5.74) is 0. The van der Waals surface area contributed by atoms with Crippen LogP contribution in [0.1, 0.15) is 49.9 Å². The molecule has 0 radical (unpaired) electrons. The molecule has 2 rings (SSSR count). The summed E-state index contributed by atoms with van der Waals surface area (Å²) in [4.78, 5) is 1.44. The maximum absolute atomic E-state index is 5.86. The van der Waals surface area contributed by atoms with Crippen LogP contribution in [-0.4, -0.2) is 19.3 Å². The molecule has 0 aliphatic heterocycles. The van der Waals surface area contributed by atoms with Crippen molar-refractivity contribution >= 4 is 11.3 Å². The topological polar surface area (TPSA) is 21.3 Å². The van der Waals surface area contributed by atoms with E-state index in [0.29, 0.717) is 12.1 Å².